The molecule has 0 unspecified atom stereocenters. The molecule has 2 aromatic carbocycles. The molecule has 0 spiro atoms. The van der Waals surface area contributed by atoms with Gasteiger partial charge < -0.3 is 4.74 Å². The molecule has 164 valence electrons. The zero-order valence-electron chi connectivity index (χ0n) is 16.9. The minimum absolute atomic E-state index is 0.0420. The van der Waals surface area contributed by atoms with E-state index >= 15 is 0 Å². The normalized spacial score (nSPS) is 11.4. The number of carbonyl (C=O) groups excluding carboxylic acids is 1. The Hall–Kier alpha value is -3.01. The van der Waals surface area contributed by atoms with Gasteiger partial charge >= 0.3 is 0 Å². The third-order valence-corrected chi connectivity index (χ3v) is 7.65. The van der Waals surface area contributed by atoms with Gasteiger partial charge in [-0.2, -0.15) is 0 Å². The molecule has 32 heavy (non-hydrogen) atoms. The van der Waals surface area contributed by atoms with Gasteiger partial charge in [-0.15, -0.1) is 0 Å². The van der Waals surface area contributed by atoms with Gasteiger partial charge in [0.05, 0.1) is 28.3 Å². The second-order valence-corrected chi connectivity index (χ2v) is 10.3. The molecule has 0 bridgehead atoms. The lowest BCUT2D eigenvalue weighted by Gasteiger charge is -2.20. The molecule has 2 aromatic heterocycles. The van der Waals surface area contributed by atoms with E-state index < -0.39 is 21.5 Å². The van der Waals surface area contributed by atoms with Gasteiger partial charge in [-0.05, 0) is 48.0 Å². The number of fused-ring (bicyclic) bond motifs is 1. The lowest BCUT2D eigenvalue weighted by molar-refractivity contribution is -0.116. The first-order chi connectivity index (χ1) is 15.4. The zero-order valence-corrected chi connectivity index (χ0v) is 19.3. The first-order valence-electron chi connectivity index (χ1n) is 9.48. The molecule has 0 radical (unpaired) electrons. The molecular formula is C22H18ClN3O4S2. The number of ether oxygens (including phenoxy) is 1. The van der Waals surface area contributed by atoms with Crippen molar-refractivity contribution in [3.8, 4) is 5.75 Å². The van der Waals surface area contributed by atoms with E-state index in [1.165, 1.54) is 35.5 Å². The fraction of sp³-hybridized carbons (Fsp3) is 0.136. The summed E-state index contributed by atoms with van der Waals surface area (Å²) in [5.41, 5.74) is 1.31. The van der Waals surface area contributed by atoms with E-state index in [-0.39, 0.29) is 11.4 Å². The molecule has 7 nitrogen and oxygen atoms in total. The van der Waals surface area contributed by atoms with Gasteiger partial charge in [0.1, 0.15) is 17.0 Å². The van der Waals surface area contributed by atoms with Crippen LogP contribution in [0.1, 0.15) is 5.56 Å². The fourth-order valence-electron chi connectivity index (χ4n) is 3.06. The minimum atomic E-state index is -3.88. The van der Waals surface area contributed by atoms with Gasteiger partial charge in [-0.1, -0.05) is 35.1 Å². The van der Waals surface area contributed by atoms with E-state index in [0.29, 0.717) is 21.4 Å². The number of halogens is 1. The Labute approximate surface area is 194 Å². The van der Waals surface area contributed by atoms with Crippen molar-refractivity contribution in [3.05, 3.63) is 77.6 Å². The molecule has 0 saturated carbocycles. The van der Waals surface area contributed by atoms with Crippen LogP contribution in [-0.4, -0.2) is 37.2 Å². The predicted octanol–water partition coefficient (Wildman–Crippen LogP) is 4.36. The molecule has 1 amide bonds. The van der Waals surface area contributed by atoms with E-state index in [2.05, 4.69) is 9.97 Å². The molecule has 0 N–H and O–H groups in total. The fourth-order valence-corrected chi connectivity index (χ4v) is 5.54. The van der Waals surface area contributed by atoms with Gasteiger partial charge in [-0.25, -0.2) is 13.4 Å². The summed E-state index contributed by atoms with van der Waals surface area (Å²) in [7, 11) is -2.39. The number of nitrogens with zero attached hydrogens (tertiary/aromatic N) is 3. The number of anilines is 1. The highest BCUT2D eigenvalue weighted by Crippen LogP contribution is 2.33. The number of hydrogen-bond donors (Lipinski definition) is 0. The molecule has 0 aliphatic rings. The molecule has 4 rings (SSSR count). The summed E-state index contributed by atoms with van der Waals surface area (Å²) in [6.45, 7) is 0.127. The second kappa shape index (κ2) is 9.23. The molecule has 4 aromatic rings. The van der Waals surface area contributed by atoms with Crippen LogP contribution in [0.25, 0.3) is 10.2 Å². The second-order valence-electron chi connectivity index (χ2n) is 6.86. The summed E-state index contributed by atoms with van der Waals surface area (Å²) < 4.78 is 31.7. The van der Waals surface area contributed by atoms with Crippen LogP contribution in [-0.2, 0) is 21.2 Å². The van der Waals surface area contributed by atoms with Gasteiger partial charge in [0.25, 0.3) is 0 Å². The summed E-state index contributed by atoms with van der Waals surface area (Å²) in [6.07, 6.45) is 3.25. The van der Waals surface area contributed by atoms with Gasteiger partial charge in [-0.3, -0.25) is 14.7 Å². The number of pyridine rings is 1. The Balaban J connectivity index is 1.68. The number of aromatic nitrogens is 2. The van der Waals surface area contributed by atoms with Crippen molar-refractivity contribution in [1.82, 2.24) is 9.97 Å². The number of sulfone groups is 1. The maximum Gasteiger partial charge on any atom is 0.244 e. The van der Waals surface area contributed by atoms with Crippen molar-refractivity contribution in [2.45, 2.75) is 11.4 Å². The van der Waals surface area contributed by atoms with Crippen LogP contribution >= 0.6 is 22.9 Å². The number of amides is 1. The highest BCUT2D eigenvalue weighted by Gasteiger charge is 2.27. The molecule has 0 aliphatic heterocycles. The van der Waals surface area contributed by atoms with Crippen LogP contribution in [0.15, 0.2) is 71.9 Å². The highest BCUT2D eigenvalue weighted by atomic mass is 35.5. The Morgan fingerprint density at radius 2 is 1.91 bits per heavy atom. The number of para-hydroxylation sites is 1. The van der Waals surface area contributed by atoms with Crippen molar-refractivity contribution < 1.29 is 17.9 Å². The van der Waals surface area contributed by atoms with Crippen LogP contribution in [0, 0.1) is 0 Å². The topological polar surface area (TPSA) is 89.5 Å². The average Bonchev–Trinajstić information content (AvgIpc) is 3.23. The summed E-state index contributed by atoms with van der Waals surface area (Å²) >= 11 is 7.52. The van der Waals surface area contributed by atoms with Crippen molar-refractivity contribution in [2.24, 2.45) is 0 Å². The monoisotopic (exact) mass is 487 g/mol. The lowest BCUT2D eigenvalue weighted by atomic mass is 10.2. The van der Waals surface area contributed by atoms with E-state index in [1.807, 2.05) is 12.1 Å². The summed E-state index contributed by atoms with van der Waals surface area (Å²) in [5, 5.41) is 0.830. The van der Waals surface area contributed by atoms with Crippen LogP contribution in [0.2, 0.25) is 5.02 Å². The van der Waals surface area contributed by atoms with Crippen LogP contribution in [0.4, 0.5) is 5.13 Å². The first-order valence-corrected chi connectivity index (χ1v) is 12.3. The molecule has 0 aliphatic carbocycles. The Morgan fingerprint density at radius 3 is 2.56 bits per heavy atom. The van der Waals surface area contributed by atoms with E-state index in [4.69, 9.17) is 16.3 Å². The maximum absolute atomic E-state index is 13.3. The molecule has 10 heteroatoms. The summed E-state index contributed by atoms with van der Waals surface area (Å²) in [6, 6.07) is 14.9. The van der Waals surface area contributed by atoms with Gasteiger partial charge in [0.2, 0.25) is 5.91 Å². The Kier molecular flexibility index (Phi) is 6.40. The number of methoxy groups -OCH3 is 1. The van der Waals surface area contributed by atoms with E-state index in [0.717, 1.165) is 10.3 Å². The minimum Gasteiger partial charge on any atom is -0.497 e. The molecule has 0 saturated heterocycles. The average molecular weight is 488 g/mol. The van der Waals surface area contributed by atoms with E-state index in [1.54, 1.807) is 42.7 Å². The first kappa shape index (κ1) is 22.2. The van der Waals surface area contributed by atoms with Crippen molar-refractivity contribution >= 4 is 54.0 Å². The summed E-state index contributed by atoms with van der Waals surface area (Å²) in [5.74, 6) is -0.775. The molecular weight excluding hydrogens is 470 g/mol. The van der Waals surface area contributed by atoms with Gasteiger partial charge in [0, 0.05) is 12.4 Å². The quantitative estimate of drug-likeness (QED) is 0.384. The number of carbonyl (C=O) groups is 1. The third kappa shape index (κ3) is 4.74. The smallest absolute Gasteiger partial charge is 0.244 e. The third-order valence-electron chi connectivity index (χ3n) is 4.69. The number of rotatable bonds is 7. The lowest BCUT2D eigenvalue weighted by Crippen LogP contribution is -2.35. The SMILES string of the molecule is COc1ccc(S(=O)(=O)CC(=O)N(Cc2cccnc2)c2nc3c(Cl)cccc3s2)cc1. The Morgan fingerprint density at radius 1 is 1.12 bits per heavy atom. The maximum atomic E-state index is 13.3. The predicted molar refractivity (Wildman–Crippen MR) is 125 cm³/mol. The zero-order chi connectivity index (χ0) is 22.7. The number of hydrogen-bond acceptors (Lipinski definition) is 7. The van der Waals surface area contributed by atoms with Crippen LogP contribution in [0.3, 0.4) is 0 Å². The van der Waals surface area contributed by atoms with Crippen molar-refractivity contribution in [3.63, 3.8) is 0 Å². The van der Waals surface area contributed by atoms with Crippen molar-refractivity contribution in [2.75, 3.05) is 17.8 Å². The van der Waals surface area contributed by atoms with Crippen molar-refractivity contribution in [1.29, 1.82) is 0 Å². The van der Waals surface area contributed by atoms with Crippen LogP contribution in [0.5, 0.6) is 5.75 Å². The molecule has 0 fully saturated rings. The van der Waals surface area contributed by atoms with Crippen LogP contribution < -0.4 is 9.64 Å². The van der Waals surface area contributed by atoms with Gasteiger partial charge in [0.15, 0.2) is 15.0 Å². The Bertz CT molecular complexity index is 1360. The standard InChI is InChI=1S/C22H18ClN3O4S2/c1-30-16-7-9-17(10-8-16)32(28,29)14-20(27)26(13-15-4-3-11-24-12-15)22-25-21-18(23)5-2-6-19(21)31-22/h2-12H,13-14H2,1H3. The largest absolute Gasteiger partial charge is 0.497 e. The molecule has 2 heterocycles. The molecule has 0 atom stereocenters. The van der Waals surface area contributed by atoms with E-state index in [9.17, 15) is 13.2 Å². The summed E-state index contributed by atoms with van der Waals surface area (Å²) in [4.78, 5) is 23.3. The highest BCUT2D eigenvalue weighted by molar-refractivity contribution is 7.92. The number of benzene rings is 2. The number of thiazole rings is 1.